The second kappa shape index (κ2) is 12.4. The van der Waals surface area contributed by atoms with E-state index in [4.69, 9.17) is 0 Å². The first-order valence-electron chi connectivity index (χ1n) is 14.7. The highest BCUT2D eigenvalue weighted by molar-refractivity contribution is 6.37. The molecule has 3 heterocycles. The van der Waals surface area contributed by atoms with Crippen LogP contribution in [-0.4, -0.2) is 50.6 Å². The number of rotatable bonds is 9. The molecule has 228 valence electrons. The predicted octanol–water partition coefficient (Wildman–Crippen LogP) is 5.43. The Bertz CT molecular complexity index is 1830. The smallest absolute Gasteiger partial charge is 0.270 e. The number of hydrogen-bond acceptors (Lipinski definition) is 7. The second-order valence-corrected chi connectivity index (χ2v) is 11.0. The Balaban J connectivity index is 1.32. The summed E-state index contributed by atoms with van der Waals surface area (Å²) < 4.78 is 0. The van der Waals surface area contributed by atoms with E-state index in [9.17, 15) is 24.5 Å². The molecule has 1 saturated heterocycles. The van der Waals surface area contributed by atoms with Gasteiger partial charge in [-0.3, -0.25) is 29.8 Å². The lowest BCUT2D eigenvalue weighted by Crippen LogP contribution is -2.36. The number of nitrogens with one attached hydrogen (secondary N) is 4. The van der Waals surface area contributed by atoms with Crippen molar-refractivity contribution < 1.29 is 19.3 Å². The van der Waals surface area contributed by atoms with Gasteiger partial charge in [-0.2, -0.15) is 0 Å². The molecule has 2 aliphatic heterocycles. The van der Waals surface area contributed by atoms with E-state index in [1.807, 2.05) is 53.4 Å². The Morgan fingerprint density at radius 1 is 1.02 bits per heavy atom. The molecule has 0 bridgehead atoms. The Kier molecular flexibility index (Phi) is 8.10. The van der Waals surface area contributed by atoms with Gasteiger partial charge in [-0.25, -0.2) is 4.98 Å². The van der Waals surface area contributed by atoms with Crippen molar-refractivity contribution in [3.8, 4) is 11.3 Å². The van der Waals surface area contributed by atoms with Crippen molar-refractivity contribution in [1.82, 2.24) is 14.9 Å². The molecule has 0 radical (unpaired) electrons. The normalized spacial score (nSPS) is 15.4. The van der Waals surface area contributed by atoms with Crippen LogP contribution in [0.1, 0.15) is 42.9 Å². The molecule has 12 heteroatoms. The maximum Gasteiger partial charge on any atom is 0.270 e. The summed E-state index contributed by atoms with van der Waals surface area (Å²) in [7, 11) is 0. The zero-order valence-corrected chi connectivity index (χ0v) is 24.6. The summed E-state index contributed by atoms with van der Waals surface area (Å²) in [5.74, 6) is -0.0680. The summed E-state index contributed by atoms with van der Waals surface area (Å²) in [6.07, 6.45) is 4.97. The van der Waals surface area contributed by atoms with Gasteiger partial charge in [0.2, 0.25) is 17.8 Å². The number of carbonyl (C=O) groups excluding carboxylic acids is 3. The minimum Gasteiger partial charge on any atom is -0.354 e. The van der Waals surface area contributed by atoms with E-state index >= 15 is 0 Å². The molecule has 6 rings (SSSR count). The van der Waals surface area contributed by atoms with Crippen molar-refractivity contribution in [3.63, 3.8) is 0 Å². The Morgan fingerprint density at radius 2 is 1.80 bits per heavy atom. The number of non-ortho nitro benzene ring substituents is 1. The Hall–Kier alpha value is -5.78. The van der Waals surface area contributed by atoms with Gasteiger partial charge < -0.3 is 20.5 Å². The number of anilines is 3. The summed E-state index contributed by atoms with van der Waals surface area (Å²) in [5.41, 5.74) is 5.48. The van der Waals surface area contributed by atoms with E-state index in [-0.39, 0.29) is 29.0 Å². The lowest BCUT2D eigenvalue weighted by Gasteiger charge is -2.26. The number of aromatic amines is 1. The van der Waals surface area contributed by atoms with Crippen molar-refractivity contribution in [2.75, 3.05) is 29.0 Å². The maximum atomic E-state index is 13.4. The SMILES string of the molecule is CC(=O)Nc1nc(-c2ccc(N/C(=C3\C(=O)Nc4ccc([N+](=O)[O-])cc43)c3ccc(CCN4CCCCC4=O)cc3)cc2)c[nH]1. The largest absolute Gasteiger partial charge is 0.354 e. The number of nitro groups is 1. The molecule has 3 aromatic carbocycles. The molecule has 1 fully saturated rings. The van der Waals surface area contributed by atoms with E-state index in [1.165, 1.54) is 25.1 Å². The summed E-state index contributed by atoms with van der Waals surface area (Å²) in [5, 5.41) is 20.4. The van der Waals surface area contributed by atoms with Crippen LogP contribution in [0.3, 0.4) is 0 Å². The summed E-state index contributed by atoms with van der Waals surface area (Å²) in [6, 6.07) is 19.5. The molecule has 0 aliphatic carbocycles. The molecule has 0 saturated carbocycles. The molecule has 4 aromatic rings. The van der Waals surface area contributed by atoms with Crippen LogP contribution in [-0.2, 0) is 20.8 Å². The average molecular weight is 606 g/mol. The number of amides is 3. The summed E-state index contributed by atoms with van der Waals surface area (Å²) in [6.45, 7) is 2.84. The minimum absolute atomic E-state index is 0.119. The van der Waals surface area contributed by atoms with E-state index in [0.717, 1.165) is 30.5 Å². The Morgan fingerprint density at radius 3 is 2.51 bits per heavy atom. The third-order valence-electron chi connectivity index (χ3n) is 7.87. The first-order valence-corrected chi connectivity index (χ1v) is 14.7. The van der Waals surface area contributed by atoms with Crippen LogP contribution in [0.5, 0.6) is 0 Å². The van der Waals surface area contributed by atoms with Crippen molar-refractivity contribution in [3.05, 3.63) is 99.7 Å². The van der Waals surface area contributed by atoms with Crippen LogP contribution in [0, 0.1) is 10.1 Å². The lowest BCUT2D eigenvalue weighted by molar-refractivity contribution is -0.384. The highest BCUT2D eigenvalue weighted by Crippen LogP contribution is 2.39. The van der Waals surface area contributed by atoms with E-state index < -0.39 is 4.92 Å². The third-order valence-corrected chi connectivity index (χ3v) is 7.87. The van der Waals surface area contributed by atoms with Gasteiger partial charge in [-0.05, 0) is 48.6 Å². The number of piperidine rings is 1. The minimum atomic E-state index is -0.485. The van der Waals surface area contributed by atoms with Crippen molar-refractivity contribution in [1.29, 1.82) is 0 Å². The molecule has 4 N–H and O–H groups in total. The van der Waals surface area contributed by atoms with Crippen molar-refractivity contribution in [2.24, 2.45) is 0 Å². The molecule has 0 unspecified atom stereocenters. The van der Waals surface area contributed by atoms with Crippen LogP contribution in [0.2, 0.25) is 0 Å². The molecule has 12 nitrogen and oxygen atoms in total. The second-order valence-electron chi connectivity index (χ2n) is 11.0. The quantitative estimate of drug-likeness (QED) is 0.112. The molecule has 45 heavy (non-hydrogen) atoms. The van der Waals surface area contributed by atoms with Crippen LogP contribution in [0.15, 0.2) is 72.9 Å². The lowest BCUT2D eigenvalue weighted by atomic mass is 9.98. The summed E-state index contributed by atoms with van der Waals surface area (Å²) in [4.78, 5) is 57.2. The first-order chi connectivity index (χ1) is 21.7. The fraction of sp³-hybridized carbons (Fsp3) is 0.212. The molecule has 0 atom stereocenters. The van der Waals surface area contributed by atoms with Gasteiger partial charge in [-0.1, -0.05) is 36.4 Å². The Labute approximate surface area is 258 Å². The van der Waals surface area contributed by atoms with Crippen LogP contribution >= 0.6 is 0 Å². The molecule has 0 spiro atoms. The predicted molar refractivity (Wildman–Crippen MR) is 171 cm³/mol. The van der Waals surface area contributed by atoms with Gasteiger partial charge in [0.15, 0.2) is 0 Å². The van der Waals surface area contributed by atoms with Crippen molar-refractivity contribution in [2.45, 2.75) is 32.6 Å². The highest BCUT2D eigenvalue weighted by Gasteiger charge is 2.30. The van der Waals surface area contributed by atoms with E-state index in [0.29, 0.717) is 59.2 Å². The van der Waals surface area contributed by atoms with Crippen molar-refractivity contribution >= 4 is 52.0 Å². The standard InChI is InChI=1S/C33H31N7O5/c1-20(41)35-33-34-19-28(38-33)22-9-11-24(12-10-22)36-31(30-26-18-25(40(44)45)13-14-27(26)37-32(30)43)23-7-5-21(6-8-23)15-17-39-16-3-2-4-29(39)42/h5-14,18-19,36H,2-4,15-17H2,1H3,(H,37,43)(H2,34,35,38,41)/b31-30-. The number of imidazole rings is 1. The topological polar surface area (TPSA) is 162 Å². The number of aromatic nitrogens is 2. The number of H-pyrrole nitrogens is 1. The van der Waals surface area contributed by atoms with E-state index in [2.05, 4.69) is 25.9 Å². The third kappa shape index (κ3) is 6.44. The van der Waals surface area contributed by atoms with Gasteiger partial charge in [-0.15, -0.1) is 0 Å². The van der Waals surface area contributed by atoms with Crippen LogP contribution in [0.4, 0.5) is 23.0 Å². The number of fused-ring (bicyclic) bond motifs is 1. The number of nitrogens with zero attached hydrogens (tertiary/aromatic N) is 3. The monoisotopic (exact) mass is 605 g/mol. The zero-order chi connectivity index (χ0) is 31.5. The average Bonchev–Trinajstić information content (AvgIpc) is 3.62. The number of nitro benzene ring substituents is 1. The molecular formula is C33H31N7O5. The summed E-state index contributed by atoms with van der Waals surface area (Å²) >= 11 is 0. The number of likely N-dealkylation sites (tertiary alicyclic amines) is 1. The van der Waals surface area contributed by atoms with E-state index in [1.54, 1.807) is 6.20 Å². The van der Waals surface area contributed by atoms with Crippen LogP contribution < -0.4 is 16.0 Å². The zero-order valence-electron chi connectivity index (χ0n) is 24.6. The van der Waals surface area contributed by atoms with Gasteiger partial charge in [0.05, 0.1) is 21.9 Å². The molecular weight excluding hydrogens is 574 g/mol. The fourth-order valence-corrected chi connectivity index (χ4v) is 5.57. The molecule has 2 aliphatic rings. The maximum absolute atomic E-state index is 13.4. The highest BCUT2D eigenvalue weighted by atomic mass is 16.6. The number of benzene rings is 3. The number of carbonyl (C=O) groups is 3. The van der Waals surface area contributed by atoms with Gasteiger partial charge in [0, 0.05) is 67.3 Å². The molecule has 3 amide bonds. The fourth-order valence-electron chi connectivity index (χ4n) is 5.57. The molecule has 1 aromatic heterocycles. The van der Waals surface area contributed by atoms with Gasteiger partial charge in [0.1, 0.15) is 0 Å². The first kappa shape index (κ1) is 29.3. The van der Waals surface area contributed by atoms with Crippen LogP contribution in [0.25, 0.3) is 22.5 Å². The number of hydrogen-bond donors (Lipinski definition) is 4. The van der Waals surface area contributed by atoms with Gasteiger partial charge in [0.25, 0.3) is 11.6 Å². The van der Waals surface area contributed by atoms with Gasteiger partial charge >= 0.3 is 0 Å².